The number of rotatable bonds is 4. The Morgan fingerprint density at radius 1 is 1.04 bits per heavy atom. The van der Waals surface area contributed by atoms with Gasteiger partial charge >= 0.3 is 0 Å². The minimum absolute atomic E-state index is 0.634. The van der Waals surface area contributed by atoms with Gasteiger partial charge in [-0.3, -0.25) is 0 Å². The van der Waals surface area contributed by atoms with Crippen molar-refractivity contribution in [1.82, 2.24) is 9.88 Å². The van der Waals surface area contributed by atoms with Crippen molar-refractivity contribution in [3.63, 3.8) is 0 Å². The predicted octanol–water partition coefficient (Wildman–Crippen LogP) is 5.37. The Morgan fingerprint density at radius 3 is 2.54 bits per heavy atom. The van der Waals surface area contributed by atoms with E-state index in [1.807, 2.05) is 23.5 Å². The van der Waals surface area contributed by atoms with Crippen LogP contribution in [0.5, 0.6) is 0 Å². The molecule has 4 heteroatoms. The Hall–Kier alpha value is -1.42. The van der Waals surface area contributed by atoms with Crippen molar-refractivity contribution in [3.8, 4) is 0 Å². The maximum absolute atomic E-state index is 5.95. The molecular formula is C20H21ClN2S. The number of benzene rings is 2. The SMILES string of the molecule is Clc1ccc(CCN2CCC(c3nc4ccccc4s3)CC2)cc1. The van der Waals surface area contributed by atoms with Gasteiger partial charge in [-0.15, -0.1) is 11.3 Å². The van der Waals surface area contributed by atoms with Crippen molar-refractivity contribution in [3.05, 3.63) is 64.1 Å². The highest BCUT2D eigenvalue weighted by Crippen LogP contribution is 2.33. The summed E-state index contributed by atoms with van der Waals surface area (Å²) in [5, 5.41) is 2.14. The van der Waals surface area contributed by atoms with Gasteiger partial charge in [0.05, 0.1) is 15.2 Å². The number of hydrogen-bond acceptors (Lipinski definition) is 3. The second kappa shape index (κ2) is 7.22. The van der Waals surface area contributed by atoms with Crippen LogP contribution >= 0.6 is 22.9 Å². The van der Waals surface area contributed by atoms with Crippen LogP contribution in [-0.2, 0) is 6.42 Å². The van der Waals surface area contributed by atoms with Crippen LogP contribution < -0.4 is 0 Å². The maximum Gasteiger partial charge on any atom is 0.0970 e. The molecule has 0 radical (unpaired) electrons. The first kappa shape index (κ1) is 16.1. The average molecular weight is 357 g/mol. The first-order valence-corrected chi connectivity index (χ1v) is 9.80. The van der Waals surface area contributed by atoms with Crippen LogP contribution in [0.15, 0.2) is 48.5 Å². The van der Waals surface area contributed by atoms with Crippen molar-refractivity contribution in [2.75, 3.05) is 19.6 Å². The Morgan fingerprint density at radius 2 is 1.79 bits per heavy atom. The summed E-state index contributed by atoms with van der Waals surface area (Å²) in [7, 11) is 0. The third-order valence-corrected chi connectivity index (χ3v) is 6.33. The predicted molar refractivity (Wildman–Crippen MR) is 103 cm³/mol. The molecule has 0 amide bonds. The van der Waals surface area contributed by atoms with Gasteiger partial charge in [0.15, 0.2) is 0 Å². The lowest BCUT2D eigenvalue weighted by Gasteiger charge is -2.31. The van der Waals surface area contributed by atoms with E-state index in [9.17, 15) is 0 Å². The maximum atomic E-state index is 5.95. The fourth-order valence-corrected chi connectivity index (χ4v) is 4.67. The summed E-state index contributed by atoms with van der Waals surface area (Å²) < 4.78 is 1.32. The third kappa shape index (κ3) is 3.64. The lowest BCUT2D eigenvalue weighted by Crippen LogP contribution is -2.34. The van der Waals surface area contributed by atoms with E-state index in [4.69, 9.17) is 16.6 Å². The van der Waals surface area contributed by atoms with Crippen LogP contribution in [-0.4, -0.2) is 29.5 Å². The van der Waals surface area contributed by atoms with Gasteiger partial charge in [0.2, 0.25) is 0 Å². The minimum Gasteiger partial charge on any atom is -0.303 e. The molecule has 0 unspecified atom stereocenters. The van der Waals surface area contributed by atoms with Crippen LogP contribution in [0.1, 0.15) is 29.3 Å². The molecule has 3 aromatic rings. The highest BCUT2D eigenvalue weighted by atomic mass is 35.5. The summed E-state index contributed by atoms with van der Waals surface area (Å²) in [5.41, 5.74) is 2.52. The van der Waals surface area contributed by atoms with Gasteiger partial charge < -0.3 is 4.90 Å². The fraction of sp³-hybridized carbons (Fsp3) is 0.350. The van der Waals surface area contributed by atoms with Crippen LogP contribution in [0, 0.1) is 0 Å². The van der Waals surface area contributed by atoms with Crippen LogP contribution in [0.4, 0.5) is 0 Å². The molecule has 0 atom stereocenters. The molecule has 0 N–H and O–H groups in total. The van der Waals surface area contributed by atoms with E-state index in [1.54, 1.807) is 0 Å². The van der Waals surface area contributed by atoms with Crippen molar-refractivity contribution in [2.45, 2.75) is 25.2 Å². The Kier molecular flexibility index (Phi) is 4.83. The Balaban J connectivity index is 1.32. The first-order chi connectivity index (χ1) is 11.8. The highest BCUT2D eigenvalue weighted by Gasteiger charge is 2.23. The number of halogens is 1. The molecule has 4 rings (SSSR count). The molecule has 0 bridgehead atoms. The zero-order chi connectivity index (χ0) is 16.4. The number of aromatic nitrogens is 1. The number of piperidine rings is 1. The van der Waals surface area contributed by atoms with Gasteiger partial charge in [0.1, 0.15) is 0 Å². The summed E-state index contributed by atoms with van der Waals surface area (Å²) in [6.07, 6.45) is 3.55. The lowest BCUT2D eigenvalue weighted by atomic mass is 9.97. The Bertz CT molecular complexity index is 771. The van der Waals surface area contributed by atoms with Crippen molar-refractivity contribution < 1.29 is 0 Å². The normalized spacial score (nSPS) is 16.7. The largest absolute Gasteiger partial charge is 0.303 e. The zero-order valence-electron chi connectivity index (χ0n) is 13.6. The van der Waals surface area contributed by atoms with Crippen molar-refractivity contribution in [2.24, 2.45) is 0 Å². The molecule has 1 fully saturated rings. The average Bonchev–Trinajstić information content (AvgIpc) is 3.06. The van der Waals surface area contributed by atoms with Gasteiger partial charge in [-0.1, -0.05) is 35.9 Å². The summed E-state index contributed by atoms with van der Waals surface area (Å²) in [4.78, 5) is 7.43. The topological polar surface area (TPSA) is 16.1 Å². The van der Waals surface area contributed by atoms with Gasteiger partial charge in [0, 0.05) is 17.5 Å². The number of likely N-dealkylation sites (tertiary alicyclic amines) is 1. The molecule has 0 aliphatic carbocycles. The molecular weight excluding hydrogens is 336 g/mol. The number of fused-ring (bicyclic) bond motifs is 1. The molecule has 2 heterocycles. The number of hydrogen-bond donors (Lipinski definition) is 0. The minimum atomic E-state index is 0.634. The molecule has 2 aromatic carbocycles. The van der Waals surface area contributed by atoms with Crippen molar-refractivity contribution >= 4 is 33.2 Å². The molecule has 2 nitrogen and oxygen atoms in total. The second-order valence-corrected chi connectivity index (χ2v) is 8.01. The molecule has 1 aromatic heterocycles. The van der Waals surface area contributed by atoms with Crippen LogP contribution in [0.3, 0.4) is 0 Å². The number of nitrogens with zero attached hydrogens (tertiary/aromatic N) is 2. The third-order valence-electron chi connectivity index (χ3n) is 4.88. The Labute approximate surface area is 152 Å². The standard InChI is InChI=1S/C20H21ClN2S/c21-17-7-5-15(6-8-17)9-12-23-13-10-16(11-14-23)20-22-18-3-1-2-4-19(18)24-20/h1-8,16H,9-14H2. The second-order valence-electron chi connectivity index (χ2n) is 6.51. The molecule has 1 aliphatic heterocycles. The molecule has 0 saturated carbocycles. The fourth-order valence-electron chi connectivity index (χ4n) is 3.41. The molecule has 1 aliphatic rings. The molecule has 24 heavy (non-hydrogen) atoms. The van der Waals surface area contributed by atoms with E-state index < -0.39 is 0 Å². The van der Waals surface area contributed by atoms with E-state index in [0.29, 0.717) is 5.92 Å². The molecule has 1 saturated heterocycles. The summed E-state index contributed by atoms with van der Waals surface area (Å²) in [5.74, 6) is 0.634. The van der Waals surface area contributed by atoms with E-state index in [1.165, 1.54) is 41.2 Å². The van der Waals surface area contributed by atoms with Gasteiger partial charge in [0.25, 0.3) is 0 Å². The summed E-state index contributed by atoms with van der Waals surface area (Å²) in [6.45, 7) is 3.48. The number of para-hydroxylation sites is 1. The van der Waals surface area contributed by atoms with E-state index >= 15 is 0 Å². The van der Waals surface area contributed by atoms with E-state index in [2.05, 4.69) is 41.3 Å². The monoisotopic (exact) mass is 356 g/mol. The van der Waals surface area contributed by atoms with Crippen molar-refractivity contribution in [1.29, 1.82) is 0 Å². The first-order valence-electron chi connectivity index (χ1n) is 8.60. The van der Waals surface area contributed by atoms with E-state index in [-0.39, 0.29) is 0 Å². The lowest BCUT2D eigenvalue weighted by molar-refractivity contribution is 0.214. The van der Waals surface area contributed by atoms with E-state index in [0.717, 1.165) is 23.5 Å². The number of thiazole rings is 1. The summed E-state index contributed by atoms with van der Waals surface area (Å²) in [6, 6.07) is 16.7. The molecule has 0 spiro atoms. The molecule has 124 valence electrons. The highest BCUT2D eigenvalue weighted by molar-refractivity contribution is 7.18. The van der Waals surface area contributed by atoms with Gasteiger partial charge in [-0.2, -0.15) is 0 Å². The van der Waals surface area contributed by atoms with Gasteiger partial charge in [-0.05, 0) is 62.2 Å². The van der Waals surface area contributed by atoms with Gasteiger partial charge in [-0.25, -0.2) is 4.98 Å². The smallest absolute Gasteiger partial charge is 0.0970 e. The van der Waals surface area contributed by atoms with Crippen LogP contribution in [0.25, 0.3) is 10.2 Å². The quantitative estimate of drug-likeness (QED) is 0.624. The summed E-state index contributed by atoms with van der Waals surface area (Å²) >= 11 is 7.82. The zero-order valence-corrected chi connectivity index (χ0v) is 15.2. The van der Waals surface area contributed by atoms with Crippen LogP contribution in [0.2, 0.25) is 5.02 Å².